The highest BCUT2D eigenvalue weighted by atomic mass is 19.1. The summed E-state index contributed by atoms with van der Waals surface area (Å²) in [6.07, 6.45) is 1.30. The van der Waals surface area contributed by atoms with E-state index in [-0.39, 0.29) is 17.5 Å². The Balaban J connectivity index is 1.79. The number of carbonyl (C=O) groups excluding carboxylic acids is 3. The number of benzene rings is 2. The predicted octanol–water partition coefficient (Wildman–Crippen LogP) is 3.15. The Morgan fingerprint density at radius 2 is 1.94 bits per heavy atom. The first-order valence-corrected chi connectivity index (χ1v) is 9.52. The van der Waals surface area contributed by atoms with Gasteiger partial charge in [-0.1, -0.05) is 24.3 Å². The molecule has 0 saturated carbocycles. The zero-order valence-corrected chi connectivity index (χ0v) is 17.3. The van der Waals surface area contributed by atoms with Crippen LogP contribution in [-0.4, -0.2) is 42.5 Å². The maximum absolute atomic E-state index is 13.7. The highest BCUT2D eigenvalue weighted by Gasteiger charge is 2.35. The van der Waals surface area contributed by atoms with Gasteiger partial charge in [0, 0.05) is 5.56 Å². The van der Waals surface area contributed by atoms with Gasteiger partial charge in [-0.25, -0.2) is 14.1 Å². The number of para-hydroxylation sites is 2. The summed E-state index contributed by atoms with van der Waals surface area (Å²) in [5, 5.41) is 4.79. The molecular formula is C22H22FN3O5. The van der Waals surface area contributed by atoms with Crippen LogP contribution in [-0.2, 0) is 9.59 Å². The van der Waals surface area contributed by atoms with Crippen LogP contribution in [0.3, 0.4) is 0 Å². The molecule has 9 heteroatoms. The van der Waals surface area contributed by atoms with Gasteiger partial charge in [-0.15, -0.1) is 0 Å². The molecule has 0 aromatic heterocycles. The van der Waals surface area contributed by atoms with E-state index in [0.29, 0.717) is 17.1 Å². The first-order chi connectivity index (χ1) is 14.8. The second kappa shape index (κ2) is 9.29. The third-order valence-corrected chi connectivity index (χ3v) is 4.29. The van der Waals surface area contributed by atoms with Gasteiger partial charge in [-0.3, -0.25) is 9.59 Å². The lowest BCUT2D eigenvalue weighted by Crippen LogP contribution is -2.38. The molecule has 162 valence electrons. The number of halogens is 1. The van der Waals surface area contributed by atoms with Crippen molar-refractivity contribution in [1.29, 1.82) is 0 Å². The Hall–Kier alpha value is -3.88. The third-order valence-electron chi connectivity index (χ3n) is 4.29. The molecule has 0 unspecified atom stereocenters. The SMILES string of the molecule is COc1cccc(C=C2NC(=O)N(CC(=O)Nc3ccccc3F)C2=O)c1OC(C)C. The molecule has 3 rings (SSSR count). The van der Waals surface area contributed by atoms with Crippen LogP contribution >= 0.6 is 0 Å². The Labute approximate surface area is 178 Å². The van der Waals surface area contributed by atoms with Crippen LogP contribution in [0.15, 0.2) is 48.2 Å². The minimum absolute atomic E-state index is 0.0226. The summed E-state index contributed by atoms with van der Waals surface area (Å²) in [6, 6.07) is 9.99. The number of nitrogens with zero attached hydrogens (tertiary/aromatic N) is 1. The number of rotatable bonds is 7. The Morgan fingerprint density at radius 1 is 1.19 bits per heavy atom. The van der Waals surface area contributed by atoms with E-state index in [1.165, 1.54) is 31.4 Å². The summed E-state index contributed by atoms with van der Waals surface area (Å²) in [7, 11) is 1.50. The number of ether oxygens (including phenoxy) is 2. The van der Waals surface area contributed by atoms with Gasteiger partial charge in [0.05, 0.1) is 18.9 Å². The van der Waals surface area contributed by atoms with Gasteiger partial charge >= 0.3 is 6.03 Å². The molecule has 1 fully saturated rings. The number of carbonyl (C=O) groups is 3. The van der Waals surface area contributed by atoms with Crippen LogP contribution in [0.1, 0.15) is 19.4 Å². The van der Waals surface area contributed by atoms with Crippen molar-refractivity contribution in [3.63, 3.8) is 0 Å². The molecule has 0 bridgehead atoms. The molecule has 2 N–H and O–H groups in total. The maximum Gasteiger partial charge on any atom is 0.329 e. The van der Waals surface area contributed by atoms with Crippen molar-refractivity contribution in [3.8, 4) is 11.5 Å². The van der Waals surface area contributed by atoms with Crippen molar-refractivity contribution in [2.24, 2.45) is 0 Å². The second-order valence-corrected chi connectivity index (χ2v) is 6.95. The molecule has 2 aromatic carbocycles. The van der Waals surface area contributed by atoms with E-state index in [2.05, 4.69) is 10.6 Å². The van der Waals surface area contributed by atoms with E-state index in [9.17, 15) is 18.8 Å². The van der Waals surface area contributed by atoms with E-state index in [0.717, 1.165) is 4.90 Å². The van der Waals surface area contributed by atoms with Crippen molar-refractivity contribution in [1.82, 2.24) is 10.2 Å². The maximum atomic E-state index is 13.7. The first kappa shape index (κ1) is 21.8. The van der Waals surface area contributed by atoms with Crippen molar-refractivity contribution < 1.29 is 28.2 Å². The van der Waals surface area contributed by atoms with Gasteiger partial charge in [0.2, 0.25) is 5.91 Å². The summed E-state index contributed by atoms with van der Waals surface area (Å²) in [6.45, 7) is 3.13. The Morgan fingerprint density at radius 3 is 2.61 bits per heavy atom. The normalized spacial score (nSPS) is 14.7. The largest absolute Gasteiger partial charge is 0.493 e. The topological polar surface area (TPSA) is 97.0 Å². The number of hydrogen-bond donors (Lipinski definition) is 2. The summed E-state index contributed by atoms with van der Waals surface area (Å²) >= 11 is 0. The molecule has 0 atom stereocenters. The standard InChI is InChI=1S/C22H22FN3O5/c1-13(2)31-20-14(7-6-10-18(20)30-3)11-17-21(28)26(22(29)25-17)12-19(27)24-16-9-5-4-8-15(16)23/h4-11,13H,12H2,1-3H3,(H,24,27)(H,25,29). The summed E-state index contributed by atoms with van der Waals surface area (Å²) in [5.74, 6) is -1.12. The zero-order chi connectivity index (χ0) is 22.5. The summed E-state index contributed by atoms with van der Waals surface area (Å²) in [5.41, 5.74) is 0.460. The van der Waals surface area contributed by atoms with Gasteiger partial charge in [0.25, 0.3) is 5.91 Å². The third kappa shape index (κ3) is 5.00. The smallest absolute Gasteiger partial charge is 0.329 e. The predicted molar refractivity (Wildman–Crippen MR) is 112 cm³/mol. The lowest BCUT2D eigenvalue weighted by Gasteiger charge is -2.16. The fraction of sp³-hybridized carbons (Fsp3) is 0.227. The number of imide groups is 1. The number of methoxy groups -OCH3 is 1. The molecule has 1 heterocycles. The molecule has 1 aliphatic heterocycles. The highest BCUT2D eigenvalue weighted by Crippen LogP contribution is 2.33. The lowest BCUT2D eigenvalue weighted by atomic mass is 10.1. The van der Waals surface area contributed by atoms with E-state index in [1.807, 2.05) is 13.8 Å². The molecule has 0 radical (unpaired) electrons. The van der Waals surface area contributed by atoms with Crippen LogP contribution in [0.4, 0.5) is 14.9 Å². The highest BCUT2D eigenvalue weighted by molar-refractivity contribution is 6.16. The molecule has 8 nitrogen and oxygen atoms in total. The van der Waals surface area contributed by atoms with Crippen molar-refractivity contribution in [3.05, 3.63) is 59.5 Å². The second-order valence-electron chi connectivity index (χ2n) is 6.95. The van der Waals surface area contributed by atoms with Gasteiger partial charge in [-0.2, -0.15) is 0 Å². The van der Waals surface area contributed by atoms with E-state index >= 15 is 0 Å². The fourth-order valence-electron chi connectivity index (χ4n) is 2.94. The minimum atomic E-state index is -0.755. The number of nitrogens with one attached hydrogen (secondary N) is 2. The van der Waals surface area contributed by atoms with Gasteiger partial charge < -0.3 is 20.1 Å². The zero-order valence-electron chi connectivity index (χ0n) is 17.3. The average molecular weight is 427 g/mol. The van der Waals surface area contributed by atoms with Crippen molar-refractivity contribution in [2.45, 2.75) is 20.0 Å². The molecule has 0 spiro atoms. The van der Waals surface area contributed by atoms with E-state index in [4.69, 9.17) is 9.47 Å². The molecule has 0 aliphatic carbocycles. The quantitative estimate of drug-likeness (QED) is 0.523. The average Bonchev–Trinajstić information content (AvgIpc) is 2.98. The molecule has 4 amide bonds. The van der Waals surface area contributed by atoms with Gasteiger partial charge in [-0.05, 0) is 38.1 Å². The monoisotopic (exact) mass is 427 g/mol. The van der Waals surface area contributed by atoms with Gasteiger partial charge in [0.1, 0.15) is 18.1 Å². The molecule has 2 aromatic rings. The van der Waals surface area contributed by atoms with Crippen LogP contribution in [0.25, 0.3) is 6.08 Å². The van der Waals surface area contributed by atoms with Crippen LogP contribution in [0.5, 0.6) is 11.5 Å². The summed E-state index contributed by atoms with van der Waals surface area (Å²) in [4.78, 5) is 37.9. The first-order valence-electron chi connectivity index (χ1n) is 9.52. The Kier molecular flexibility index (Phi) is 6.54. The number of anilines is 1. The van der Waals surface area contributed by atoms with E-state index in [1.54, 1.807) is 24.3 Å². The van der Waals surface area contributed by atoms with Crippen LogP contribution < -0.4 is 20.1 Å². The Bertz CT molecular complexity index is 1050. The molecule has 1 aliphatic rings. The fourth-order valence-corrected chi connectivity index (χ4v) is 2.94. The molecular weight excluding hydrogens is 405 g/mol. The molecule has 1 saturated heterocycles. The minimum Gasteiger partial charge on any atom is -0.493 e. The van der Waals surface area contributed by atoms with Crippen LogP contribution in [0.2, 0.25) is 0 Å². The summed E-state index contributed by atoms with van der Waals surface area (Å²) < 4.78 is 24.8. The van der Waals surface area contributed by atoms with Crippen molar-refractivity contribution >= 4 is 29.6 Å². The van der Waals surface area contributed by atoms with Crippen LogP contribution in [0, 0.1) is 5.82 Å². The lowest BCUT2D eigenvalue weighted by molar-refractivity contribution is -0.127. The van der Waals surface area contributed by atoms with Gasteiger partial charge in [0.15, 0.2) is 11.5 Å². The number of urea groups is 1. The number of hydrogen-bond acceptors (Lipinski definition) is 5. The molecule has 31 heavy (non-hydrogen) atoms. The van der Waals surface area contributed by atoms with Crippen molar-refractivity contribution in [2.75, 3.05) is 19.0 Å². The number of amides is 4. The van der Waals surface area contributed by atoms with E-state index < -0.39 is 30.2 Å².